The van der Waals surface area contributed by atoms with E-state index in [4.69, 9.17) is 57.6 Å². The predicted octanol–water partition coefficient (Wildman–Crippen LogP) is 4.95. The SMILES string of the molecule is COc1cc(OC)c(-c2nc(-c3c(OC)cc(OC)cc3OC)nc(-c3c(OC)cc(OC)cc3OC)n2)c(OC)c1. The second-order valence-electron chi connectivity index (χ2n) is 8.53. The summed E-state index contributed by atoms with van der Waals surface area (Å²) in [6.45, 7) is 0. The minimum Gasteiger partial charge on any atom is -0.496 e. The maximum absolute atomic E-state index is 5.72. The van der Waals surface area contributed by atoms with Crippen LogP contribution in [0, 0.1) is 0 Å². The lowest BCUT2D eigenvalue weighted by atomic mass is 10.1. The Kier molecular flexibility index (Phi) is 9.25. The number of ether oxygens (including phenoxy) is 9. The molecule has 42 heavy (non-hydrogen) atoms. The van der Waals surface area contributed by atoms with E-state index < -0.39 is 0 Å². The molecule has 0 spiro atoms. The smallest absolute Gasteiger partial charge is 0.171 e. The van der Waals surface area contributed by atoms with Gasteiger partial charge in [0.15, 0.2) is 17.5 Å². The Morgan fingerprint density at radius 2 is 0.500 bits per heavy atom. The zero-order valence-electron chi connectivity index (χ0n) is 25.0. The summed E-state index contributed by atoms with van der Waals surface area (Å²) in [7, 11) is 13.9. The van der Waals surface area contributed by atoms with E-state index in [1.54, 1.807) is 57.7 Å². The summed E-state index contributed by atoms with van der Waals surface area (Å²) in [6.07, 6.45) is 0. The lowest BCUT2D eigenvalue weighted by Gasteiger charge is -2.19. The van der Waals surface area contributed by atoms with Crippen molar-refractivity contribution >= 4 is 0 Å². The second kappa shape index (κ2) is 13.0. The molecule has 222 valence electrons. The van der Waals surface area contributed by atoms with Gasteiger partial charge in [0.1, 0.15) is 68.4 Å². The topological polar surface area (TPSA) is 122 Å². The molecule has 0 saturated heterocycles. The van der Waals surface area contributed by atoms with Crippen molar-refractivity contribution in [1.82, 2.24) is 15.0 Å². The Labute approximate surface area is 244 Å². The molecule has 12 heteroatoms. The molecule has 0 aliphatic rings. The van der Waals surface area contributed by atoms with Crippen molar-refractivity contribution in [3.8, 4) is 85.9 Å². The predicted molar refractivity (Wildman–Crippen MR) is 155 cm³/mol. The monoisotopic (exact) mass is 579 g/mol. The summed E-state index contributed by atoms with van der Waals surface area (Å²) >= 11 is 0. The first-order valence-corrected chi connectivity index (χ1v) is 12.6. The second-order valence-corrected chi connectivity index (χ2v) is 8.53. The number of rotatable bonds is 12. The molecule has 0 radical (unpaired) electrons. The molecule has 0 saturated carbocycles. The van der Waals surface area contributed by atoms with Crippen molar-refractivity contribution in [3.63, 3.8) is 0 Å². The quantitative estimate of drug-likeness (QED) is 0.226. The molecule has 1 aromatic heterocycles. The van der Waals surface area contributed by atoms with E-state index in [0.717, 1.165) is 0 Å². The van der Waals surface area contributed by atoms with E-state index in [9.17, 15) is 0 Å². The van der Waals surface area contributed by atoms with E-state index in [-0.39, 0.29) is 17.5 Å². The molecule has 0 unspecified atom stereocenters. The Morgan fingerprint density at radius 1 is 0.310 bits per heavy atom. The first kappa shape index (κ1) is 29.8. The van der Waals surface area contributed by atoms with Gasteiger partial charge in [0.05, 0.1) is 64.0 Å². The lowest BCUT2D eigenvalue weighted by molar-refractivity contribution is 0.377. The van der Waals surface area contributed by atoms with Crippen molar-refractivity contribution in [3.05, 3.63) is 36.4 Å². The van der Waals surface area contributed by atoms with Crippen LogP contribution in [0.15, 0.2) is 36.4 Å². The molecule has 0 N–H and O–H groups in total. The average Bonchev–Trinajstić information content (AvgIpc) is 3.05. The molecular weight excluding hydrogens is 546 g/mol. The molecule has 0 aliphatic heterocycles. The van der Waals surface area contributed by atoms with E-state index in [0.29, 0.717) is 68.4 Å². The van der Waals surface area contributed by atoms with Gasteiger partial charge >= 0.3 is 0 Å². The number of methoxy groups -OCH3 is 9. The van der Waals surface area contributed by atoms with E-state index >= 15 is 0 Å². The molecule has 0 bridgehead atoms. The van der Waals surface area contributed by atoms with Crippen molar-refractivity contribution in [2.45, 2.75) is 0 Å². The fraction of sp³-hybridized carbons (Fsp3) is 0.300. The Hall–Kier alpha value is -5.13. The fourth-order valence-electron chi connectivity index (χ4n) is 4.39. The van der Waals surface area contributed by atoms with Crippen LogP contribution in [0.3, 0.4) is 0 Å². The largest absolute Gasteiger partial charge is 0.496 e. The number of benzene rings is 3. The van der Waals surface area contributed by atoms with Gasteiger partial charge in [-0.1, -0.05) is 0 Å². The van der Waals surface area contributed by atoms with Gasteiger partial charge < -0.3 is 42.6 Å². The molecule has 4 rings (SSSR count). The van der Waals surface area contributed by atoms with Crippen LogP contribution in [0.4, 0.5) is 0 Å². The van der Waals surface area contributed by atoms with E-state index in [1.807, 2.05) is 0 Å². The molecule has 0 atom stereocenters. The summed E-state index contributed by atoms with van der Waals surface area (Å²) < 4.78 is 50.7. The van der Waals surface area contributed by atoms with Crippen molar-refractivity contribution < 1.29 is 42.6 Å². The highest BCUT2D eigenvalue weighted by atomic mass is 16.5. The molecule has 3 aromatic carbocycles. The summed E-state index contributed by atoms with van der Waals surface area (Å²) in [5.74, 6) is 4.75. The van der Waals surface area contributed by atoms with Gasteiger partial charge in [0.25, 0.3) is 0 Å². The number of aromatic nitrogens is 3. The highest BCUT2D eigenvalue weighted by molar-refractivity contribution is 5.82. The molecule has 1 heterocycles. The first-order chi connectivity index (χ1) is 20.4. The minimum absolute atomic E-state index is 0.228. The molecule has 0 amide bonds. The number of nitrogens with zero attached hydrogens (tertiary/aromatic N) is 3. The normalized spacial score (nSPS) is 10.5. The van der Waals surface area contributed by atoms with Crippen molar-refractivity contribution in [2.24, 2.45) is 0 Å². The third kappa shape index (κ3) is 5.55. The summed E-state index contributed by atoms with van der Waals surface area (Å²) in [5, 5.41) is 0. The van der Waals surface area contributed by atoms with Crippen LogP contribution in [-0.4, -0.2) is 78.9 Å². The van der Waals surface area contributed by atoms with Crippen LogP contribution in [0.5, 0.6) is 51.7 Å². The van der Waals surface area contributed by atoms with Crippen LogP contribution in [0.1, 0.15) is 0 Å². The molecule has 0 aliphatic carbocycles. The third-order valence-corrected chi connectivity index (χ3v) is 6.45. The molecular formula is C30H33N3O9. The molecule has 0 fully saturated rings. The number of hydrogen-bond acceptors (Lipinski definition) is 12. The van der Waals surface area contributed by atoms with Crippen LogP contribution in [0.25, 0.3) is 34.2 Å². The zero-order valence-corrected chi connectivity index (χ0v) is 25.0. The van der Waals surface area contributed by atoms with Gasteiger partial charge in [0, 0.05) is 36.4 Å². The maximum atomic E-state index is 5.72. The highest BCUT2D eigenvalue weighted by Gasteiger charge is 2.27. The van der Waals surface area contributed by atoms with Gasteiger partial charge in [-0.05, 0) is 0 Å². The molecule has 4 aromatic rings. The molecule has 12 nitrogen and oxygen atoms in total. The summed E-state index contributed by atoms with van der Waals surface area (Å²) in [5.41, 5.74) is 1.38. The maximum Gasteiger partial charge on any atom is 0.171 e. The zero-order chi connectivity index (χ0) is 30.4. The Morgan fingerprint density at radius 3 is 0.643 bits per heavy atom. The highest BCUT2D eigenvalue weighted by Crippen LogP contribution is 2.46. The van der Waals surface area contributed by atoms with Gasteiger partial charge in [-0.3, -0.25) is 0 Å². The van der Waals surface area contributed by atoms with E-state index in [1.165, 1.54) is 42.7 Å². The van der Waals surface area contributed by atoms with Crippen LogP contribution < -0.4 is 42.6 Å². The van der Waals surface area contributed by atoms with Crippen LogP contribution >= 0.6 is 0 Å². The standard InChI is InChI=1S/C30H33N3O9/c1-34-16-10-19(37-4)25(20(11-16)38-5)28-31-29(26-21(39-6)12-17(35-2)13-22(26)40-7)33-30(32-28)27-23(41-8)14-18(36-3)15-24(27)42-9/h10-15H,1-9H3. The summed E-state index contributed by atoms with van der Waals surface area (Å²) in [4.78, 5) is 14.6. The van der Waals surface area contributed by atoms with Crippen LogP contribution in [0.2, 0.25) is 0 Å². The Bertz CT molecular complexity index is 1300. The fourth-order valence-corrected chi connectivity index (χ4v) is 4.39. The average molecular weight is 580 g/mol. The summed E-state index contributed by atoms with van der Waals surface area (Å²) in [6, 6.07) is 10.3. The van der Waals surface area contributed by atoms with Gasteiger partial charge in [-0.2, -0.15) is 0 Å². The van der Waals surface area contributed by atoms with E-state index in [2.05, 4.69) is 0 Å². The van der Waals surface area contributed by atoms with Crippen molar-refractivity contribution in [2.75, 3.05) is 64.0 Å². The van der Waals surface area contributed by atoms with Crippen molar-refractivity contribution in [1.29, 1.82) is 0 Å². The third-order valence-electron chi connectivity index (χ3n) is 6.45. The lowest BCUT2D eigenvalue weighted by Crippen LogP contribution is -2.06. The number of hydrogen-bond donors (Lipinski definition) is 0. The Balaban J connectivity index is 2.16. The van der Waals surface area contributed by atoms with Gasteiger partial charge in [-0.25, -0.2) is 15.0 Å². The van der Waals surface area contributed by atoms with Gasteiger partial charge in [0.2, 0.25) is 0 Å². The van der Waals surface area contributed by atoms with Gasteiger partial charge in [-0.15, -0.1) is 0 Å². The first-order valence-electron chi connectivity index (χ1n) is 12.6. The van der Waals surface area contributed by atoms with Crippen LogP contribution in [-0.2, 0) is 0 Å². The minimum atomic E-state index is 0.228.